The Bertz CT molecular complexity index is 626. The van der Waals surface area contributed by atoms with Crippen molar-refractivity contribution in [2.24, 2.45) is 0 Å². The molecular weight excluding hydrogens is 438 g/mol. The van der Waals surface area contributed by atoms with Crippen molar-refractivity contribution in [3.05, 3.63) is 24.3 Å². The smallest absolute Gasteiger partial charge is 0.329 e. The van der Waals surface area contributed by atoms with Crippen LogP contribution in [0.4, 0.5) is 5.69 Å². The number of rotatable bonds is 22. The highest BCUT2D eigenvalue weighted by atomic mass is 16.6. The molecule has 11 nitrogen and oxygen atoms in total. The Balaban J connectivity index is 1.76. The maximum Gasteiger partial charge on any atom is 0.329 e. The van der Waals surface area contributed by atoms with Gasteiger partial charge in [-0.2, -0.15) is 0 Å². The Labute approximate surface area is 194 Å². The molecule has 11 heteroatoms. The van der Waals surface area contributed by atoms with Crippen molar-refractivity contribution in [1.82, 2.24) is 0 Å². The second kappa shape index (κ2) is 20.3. The summed E-state index contributed by atoms with van der Waals surface area (Å²) in [6.45, 7) is 6.23. The monoisotopic (exact) mass is 473 g/mol. The van der Waals surface area contributed by atoms with Gasteiger partial charge in [-0.15, -0.1) is 0 Å². The first-order chi connectivity index (χ1) is 16.1. The SMILES string of the molecule is CC(=O)Nc1ccc(OCCOCCOCCOCCOCCOCCOCC(=O)O)cc1. The first kappa shape index (κ1) is 28.8. The van der Waals surface area contributed by atoms with Gasteiger partial charge in [-0.1, -0.05) is 0 Å². The number of carbonyl (C=O) groups excluding carboxylic acids is 1. The molecule has 0 atom stereocenters. The number of carboxylic acid groups (broad SMARTS) is 1. The predicted molar refractivity (Wildman–Crippen MR) is 119 cm³/mol. The van der Waals surface area contributed by atoms with Gasteiger partial charge in [0.15, 0.2) is 0 Å². The largest absolute Gasteiger partial charge is 0.491 e. The Morgan fingerprint density at radius 2 is 1.06 bits per heavy atom. The van der Waals surface area contributed by atoms with Gasteiger partial charge >= 0.3 is 5.97 Å². The minimum absolute atomic E-state index is 0.113. The van der Waals surface area contributed by atoms with Crippen LogP contribution in [0.1, 0.15) is 6.92 Å². The molecule has 0 spiro atoms. The van der Waals surface area contributed by atoms with Gasteiger partial charge in [0, 0.05) is 12.6 Å². The van der Waals surface area contributed by atoms with E-state index in [1.54, 1.807) is 24.3 Å². The highest BCUT2D eigenvalue weighted by Gasteiger charge is 1.98. The normalized spacial score (nSPS) is 10.8. The summed E-state index contributed by atoms with van der Waals surface area (Å²) in [5.74, 6) is -0.402. The van der Waals surface area contributed by atoms with E-state index in [1.807, 2.05) is 0 Å². The Morgan fingerprint density at radius 1 is 0.667 bits per heavy atom. The fourth-order valence-electron chi connectivity index (χ4n) is 2.32. The molecule has 0 aromatic heterocycles. The summed E-state index contributed by atoms with van der Waals surface area (Å²) in [5.41, 5.74) is 0.726. The van der Waals surface area contributed by atoms with Crippen molar-refractivity contribution in [3.63, 3.8) is 0 Å². The average molecular weight is 474 g/mol. The van der Waals surface area contributed by atoms with E-state index < -0.39 is 5.97 Å². The molecule has 1 aromatic carbocycles. The van der Waals surface area contributed by atoms with Crippen molar-refractivity contribution in [1.29, 1.82) is 0 Å². The maximum atomic E-state index is 11.0. The standard InChI is InChI=1S/C22H35NO10/c1-19(24)23-20-2-4-21(5-3-20)33-17-16-31-13-12-29-9-8-27-6-7-28-10-11-30-14-15-32-18-22(25)26/h2-5H,6-18H2,1H3,(H,23,24)(H,25,26). The highest BCUT2D eigenvalue weighted by molar-refractivity contribution is 5.88. The van der Waals surface area contributed by atoms with Crippen molar-refractivity contribution >= 4 is 17.6 Å². The summed E-state index contributed by atoms with van der Waals surface area (Å²) in [5, 5.41) is 11.1. The van der Waals surface area contributed by atoms with Crippen LogP contribution in [0.25, 0.3) is 0 Å². The summed E-state index contributed by atoms with van der Waals surface area (Å²) in [6.07, 6.45) is 0. The van der Waals surface area contributed by atoms with Crippen LogP contribution in [-0.4, -0.2) is 103 Å². The van der Waals surface area contributed by atoms with Crippen molar-refractivity contribution in [2.45, 2.75) is 6.92 Å². The van der Waals surface area contributed by atoms with Gasteiger partial charge in [0.1, 0.15) is 19.0 Å². The maximum absolute atomic E-state index is 11.0. The Kier molecular flexibility index (Phi) is 17.7. The molecule has 1 aromatic rings. The number of ether oxygens (including phenoxy) is 7. The third-order valence-electron chi connectivity index (χ3n) is 3.76. The van der Waals surface area contributed by atoms with E-state index >= 15 is 0 Å². The summed E-state index contributed by atoms with van der Waals surface area (Å²) < 4.78 is 37.2. The molecule has 0 unspecified atom stereocenters. The van der Waals surface area contributed by atoms with E-state index in [1.165, 1.54) is 6.92 Å². The lowest BCUT2D eigenvalue weighted by Gasteiger charge is -2.09. The number of amides is 1. The second-order valence-corrected chi connectivity index (χ2v) is 6.56. The zero-order chi connectivity index (χ0) is 24.0. The molecule has 0 fully saturated rings. The lowest BCUT2D eigenvalue weighted by atomic mass is 10.3. The third kappa shape index (κ3) is 18.9. The van der Waals surface area contributed by atoms with Crippen LogP contribution in [0.3, 0.4) is 0 Å². The molecule has 0 heterocycles. The molecule has 0 saturated carbocycles. The minimum atomic E-state index is -0.997. The van der Waals surface area contributed by atoms with Crippen LogP contribution in [0.5, 0.6) is 5.75 Å². The van der Waals surface area contributed by atoms with E-state index in [4.69, 9.17) is 38.3 Å². The zero-order valence-electron chi connectivity index (χ0n) is 19.1. The van der Waals surface area contributed by atoms with E-state index in [0.717, 1.165) is 5.69 Å². The lowest BCUT2D eigenvalue weighted by Crippen LogP contribution is -2.15. The van der Waals surface area contributed by atoms with E-state index in [9.17, 15) is 9.59 Å². The molecule has 0 aliphatic heterocycles. The Hall–Kier alpha value is -2.28. The fraction of sp³-hybridized carbons (Fsp3) is 0.636. The first-order valence-electron chi connectivity index (χ1n) is 10.8. The van der Waals surface area contributed by atoms with Crippen molar-refractivity contribution in [3.8, 4) is 5.75 Å². The number of anilines is 1. The van der Waals surface area contributed by atoms with Crippen LogP contribution >= 0.6 is 0 Å². The summed E-state index contributed by atoms with van der Waals surface area (Å²) in [4.78, 5) is 21.2. The molecule has 1 rings (SSSR count). The minimum Gasteiger partial charge on any atom is -0.491 e. The number of carboxylic acids is 1. The zero-order valence-corrected chi connectivity index (χ0v) is 19.1. The molecule has 1 amide bonds. The number of nitrogens with one attached hydrogen (secondary N) is 1. The molecule has 33 heavy (non-hydrogen) atoms. The van der Waals surface area contributed by atoms with Crippen molar-refractivity contribution in [2.75, 3.05) is 91.2 Å². The molecule has 0 aliphatic rings. The van der Waals surface area contributed by atoms with Gasteiger partial charge in [0.25, 0.3) is 0 Å². The summed E-state index contributed by atoms with van der Waals surface area (Å²) >= 11 is 0. The summed E-state index contributed by atoms with van der Waals surface area (Å²) in [7, 11) is 0. The van der Waals surface area contributed by atoms with E-state index in [2.05, 4.69) is 5.32 Å². The van der Waals surface area contributed by atoms with Gasteiger partial charge in [0.2, 0.25) is 5.91 Å². The van der Waals surface area contributed by atoms with Crippen molar-refractivity contribution < 1.29 is 47.9 Å². The van der Waals surface area contributed by atoms with Gasteiger partial charge in [-0.3, -0.25) is 4.79 Å². The fourth-order valence-corrected chi connectivity index (χ4v) is 2.32. The number of hydrogen-bond donors (Lipinski definition) is 2. The van der Waals surface area contributed by atoms with E-state index in [0.29, 0.717) is 78.4 Å². The van der Waals surface area contributed by atoms with E-state index in [-0.39, 0.29) is 19.1 Å². The lowest BCUT2D eigenvalue weighted by molar-refractivity contribution is -0.142. The van der Waals surface area contributed by atoms with Gasteiger partial charge < -0.3 is 43.6 Å². The molecular formula is C22H35NO10. The molecule has 0 bridgehead atoms. The molecule has 0 saturated heterocycles. The number of hydrogen-bond acceptors (Lipinski definition) is 9. The first-order valence-corrected chi connectivity index (χ1v) is 10.8. The van der Waals surface area contributed by atoms with Crippen LogP contribution in [0.15, 0.2) is 24.3 Å². The highest BCUT2D eigenvalue weighted by Crippen LogP contribution is 2.15. The number of benzene rings is 1. The van der Waals surface area contributed by atoms with Crippen LogP contribution in [0, 0.1) is 0 Å². The van der Waals surface area contributed by atoms with Crippen LogP contribution < -0.4 is 10.1 Å². The molecule has 0 aliphatic carbocycles. The average Bonchev–Trinajstić information content (AvgIpc) is 2.78. The Morgan fingerprint density at radius 3 is 1.45 bits per heavy atom. The molecule has 188 valence electrons. The molecule has 2 N–H and O–H groups in total. The molecule has 0 radical (unpaired) electrons. The topological polar surface area (TPSA) is 131 Å². The van der Waals surface area contributed by atoms with Crippen LogP contribution in [-0.2, 0) is 38.0 Å². The van der Waals surface area contributed by atoms with Crippen LogP contribution in [0.2, 0.25) is 0 Å². The quantitative estimate of drug-likeness (QED) is 0.237. The van der Waals surface area contributed by atoms with Gasteiger partial charge in [-0.05, 0) is 24.3 Å². The number of aliphatic carboxylic acids is 1. The third-order valence-corrected chi connectivity index (χ3v) is 3.76. The number of carbonyl (C=O) groups is 2. The second-order valence-electron chi connectivity index (χ2n) is 6.56. The van der Waals surface area contributed by atoms with Gasteiger partial charge in [-0.25, -0.2) is 4.79 Å². The van der Waals surface area contributed by atoms with Gasteiger partial charge in [0.05, 0.1) is 72.7 Å². The summed E-state index contributed by atoms with van der Waals surface area (Å²) in [6, 6.07) is 7.13. The predicted octanol–water partition coefficient (Wildman–Crippen LogP) is 1.21.